The van der Waals surface area contributed by atoms with Crippen LogP contribution in [0.1, 0.15) is 16.3 Å². The Kier molecular flexibility index (Phi) is 5.38. The lowest BCUT2D eigenvalue weighted by Gasteiger charge is -2.05. The fourth-order valence-corrected chi connectivity index (χ4v) is 2.96. The lowest BCUT2D eigenvalue weighted by Crippen LogP contribution is -2.23. The van der Waals surface area contributed by atoms with E-state index in [1.807, 2.05) is 13.8 Å². The third-order valence-corrected chi connectivity index (χ3v) is 4.15. The van der Waals surface area contributed by atoms with Crippen molar-refractivity contribution in [3.05, 3.63) is 26.6 Å². The number of nitrogens with one attached hydrogen (secondary N) is 2. The van der Waals surface area contributed by atoms with Crippen LogP contribution in [0.5, 0.6) is 0 Å². The van der Waals surface area contributed by atoms with E-state index in [1.54, 1.807) is 0 Å². The van der Waals surface area contributed by atoms with Gasteiger partial charge in [-0.25, -0.2) is 13.8 Å². The van der Waals surface area contributed by atoms with E-state index in [9.17, 15) is 13.6 Å². The Morgan fingerprint density at radius 2 is 2.19 bits per heavy atom. The van der Waals surface area contributed by atoms with E-state index in [-0.39, 0.29) is 12.2 Å². The summed E-state index contributed by atoms with van der Waals surface area (Å²) in [5.41, 5.74) is 0.816. The van der Waals surface area contributed by atoms with Crippen LogP contribution in [-0.2, 0) is 11.3 Å². The molecule has 0 unspecified atom stereocenters. The number of aromatic nitrogens is 2. The summed E-state index contributed by atoms with van der Waals surface area (Å²) in [6, 6.07) is 0. The number of hydrogen-bond acceptors (Lipinski definition) is 5. The molecule has 0 fully saturated rings. The minimum absolute atomic E-state index is 0.146. The maximum Gasteiger partial charge on any atom is 0.261 e. The molecule has 2 N–H and O–H groups in total. The number of ether oxygens (including phenoxy) is 1. The number of hydrogen-bond donors (Lipinski definition) is 2. The molecule has 8 heteroatoms. The summed E-state index contributed by atoms with van der Waals surface area (Å²) >= 11 is 1.49. The first-order chi connectivity index (χ1) is 9.99. The molecule has 2 aromatic rings. The van der Waals surface area contributed by atoms with Gasteiger partial charge in [0.25, 0.3) is 12.0 Å². The topological polar surface area (TPSA) is 67.0 Å². The number of fused-ring (bicyclic) bond motifs is 1. The van der Waals surface area contributed by atoms with Gasteiger partial charge < -0.3 is 15.0 Å². The minimum Gasteiger partial charge on any atom is -0.374 e. The highest BCUT2D eigenvalue weighted by Gasteiger charge is 2.11. The van der Waals surface area contributed by atoms with Gasteiger partial charge in [0.1, 0.15) is 17.3 Å². The predicted octanol–water partition coefficient (Wildman–Crippen LogP) is 1.97. The Morgan fingerprint density at radius 3 is 2.90 bits per heavy atom. The number of aromatic amines is 1. The Morgan fingerprint density at radius 1 is 1.43 bits per heavy atom. The number of nitrogens with zero attached hydrogens (tertiary/aromatic N) is 1. The molecule has 0 amide bonds. The van der Waals surface area contributed by atoms with Gasteiger partial charge in [-0.05, 0) is 19.4 Å². The number of alkyl halides is 2. The molecule has 5 nitrogen and oxygen atoms in total. The molecule has 0 aromatic carbocycles. The molecular formula is C13H17F2N3O2S. The van der Waals surface area contributed by atoms with Gasteiger partial charge >= 0.3 is 0 Å². The lowest BCUT2D eigenvalue weighted by molar-refractivity contribution is 0.0187. The van der Waals surface area contributed by atoms with Crippen molar-refractivity contribution >= 4 is 21.6 Å². The van der Waals surface area contributed by atoms with E-state index >= 15 is 0 Å². The van der Waals surface area contributed by atoms with Crippen LogP contribution in [-0.4, -0.2) is 36.2 Å². The minimum atomic E-state index is -2.45. The third-order valence-electron chi connectivity index (χ3n) is 3.05. The Bertz CT molecular complexity index is 669. The Hall–Kier alpha value is -1.38. The monoisotopic (exact) mass is 317 g/mol. The number of thiophene rings is 1. The van der Waals surface area contributed by atoms with Crippen molar-refractivity contribution in [2.24, 2.45) is 0 Å². The number of rotatable bonds is 7. The van der Waals surface area contributed by atoms with Crippen LogP contribution in [0.25, 0.3) is 10.2 Å². The molecule has 0 aliphatic rings. The zero-order valence-electron chi connectivity index (χ0n) is 11.8. The zero-order valence-corrected chi connectivity index (χ0v) is 12.7. The summed E-state index contributed by atoms with van der Waals surface area (Å²) in [7, 11) is 0. The Labute approximate surface area is 124 Å². The molecule has 0 saturated heterocycles. The second-order valence-corrected chi connectivity index (χ2v) is 5.82. The smallest absolute Gasteiger partial charge is 0.261 e. The van der Waals surface area contributed by atoms with Crippen LogP contribution in [0.2, 0.25) is 0 Å². The first-order valence-electron chi connectivity index (χ1n) is 6.54. The summed E-state index contributed by atoms with van der Waals surface area (Å²) in [6.07, 6.45) is -2.45. The van der Waals surface area contributed by atoms with Gasteiger partial charge in [-0.2, -0.15) is 0 Å². The van der Waals surface area contributed by atoms with Crippen LogP contribution >= 0.6 is 11.3 Å². The van der Waals surface area contributed by atoms with Crippen molar-refractivity contribution in [3.63, 3.8) is 0 Å². The van der Waals surface area contributed by atoms with Gasteiger partial charge in [0.15, 0.2) is 0 Å². The summed E-state index contributed by atoms with van der Waals surface area (Å²) < 4.78 is 28.4. The molecule has 0 bridgehead atoms. The fourth-order valence-electron chi connectivity index (χ4n) is 1.91. The van der Waals surface area contributed by atoms with E-state index in [1.165, 1.54) is 11.3 Å². The Balaban J connectivity index is 1.93. The maximum atomic E-state index is 12.0. The third kappa shape index (κ3) is 4.05. The highest BCUT2D eigenvalue weighted by atomic mass is 32.1. The number of H-pyrrole nitrogens is 1. The van der Waals surface area contributed by atoms with E-state index in [2.05, 4.69) is 15.3 Å². The average Bonchev–Trinajstić information content (AvgIpc) is 2.69. The summed E-state index contributed by atoms with van der Waals surface area (Å²) in [4.78, 5) is 21.0. The quantitative estimate of drug-likeness (QED) is 0.766. The predicted molar refractivity (Wildman–Crippen MR) is 78.2 cm³/mol. The van der Waals surface area contributed by atoms with Crippen LogP contribution < -0.4 is 10.9 Å². The van der Waals surface area contributed by atoms with E-state index < -0.39 is 13.0 Å². The molecule has 0 saturated carbocycles. The van der Waals surface area contributed by atoms with Crippen molar-refractivity contribution in [2.75, 3.05) is 19.8 Å². The van der Waals surface area contributed by atoms with Crippen molar-refractivity contribution in [2.45, 2.75) is 26.8 Å². The second kappa shape index (κ2) is 7.06. The number of aryl methyl sites for hydroxylation is 2. The van der Waals surface area contributed by atoms with E-state index in [0.717, 1.165) is 15.3 Å². The molecular weight excluding hydrogens is 300 g/mol. The van der Waals surface area contributed by atoms with Crippen molar-refractivity contribution < 1.29 is 13.5 Å². The van der Waals surface area contributed by atoms with Gasteiger partial charge in [-0.3, -0.25) is 4.79 Å². The largest absolute Gasteiger partial charge is 0.374 e. The standard InChI is InChI=1S/C13H17F2N3O2S/c1-7-8(2)21-13-11(7)12(19)17-10(18-13)5-16-3-4-20-6-9(14)15/h9,16H,3-6H2,1-2H3,(H,17,18,19). The molecule has 0 aliphatic carbocycles. The van der Waals surface area contributed by atoms with E-state index in [0.29, 0.717) is 24.3 Å². The van der Waals surface area contributed by atoms with Gasteiger partial charge in [-0.15, -0.1) is 11.3 Å². The van der Waals surface area contributed by atoms with E-state index in [4.69, 9.17) is 4.74 Å². The molecule has 0 radical (unpaired) electrons. The highest BCUT2D eigenvalue weighted by Crippen LogP contribution is 2.25. The normalized spacial score (nSPS) is 11.7. The van der Waals surface area contributed by atoms with Crippen LogP contribution in [0.15, 0.2) is 4.79 Å². The second-order valence-electron chi connectivity index (χ2n) is 4.62. The first-order valence-corrected chi connectivity index (χ1v) is 7.36. The van der Waals surface area contributed by atoms with Crippen LogP contribution in [0, 0.1) is 13.8 Å². The van der Waals surface area contributed by atoms with Gasteiger partial charge in [-0.1, -0.05) is 0 Å². The molecule has 116 valence electrons. The summed E-state index contributed by atoms with van der Waals surface area (Å²) in [6.45, 7) is 4.27. The lowest BCUT2D eigenvalue weighted by atomic mass is 10.2. The van der Waals surface area contributed by atoms with Gasteiger partial charge in [0, 0.05) is 11.4 Å². The highest BCUT2D eigenvalue weighted by molar-refractivity contribution is 7.18. The molecule has 0 aliphatic heterocycles. The molecule has 2 rings (SSSR count). The fraction of sp³-hybridized carbons (Fsp3) is 0.538. The molecule has 2 aromatic heterocycles. The zero-order chi connectivity index (χ0) is 15.4. The number of halogens is 2. The van der Waals surface area contributed by atoms with Crippen molar-refractivity contribution in [1.29, 1.82) is 0 Å². The average molecular weight is 317 g/mol. The van der Waals surface area contributed by atoms with Gasteiger partial charge in [0.2, 0.25) is 0 Å². The first kappa shape index (κ1) is 16.0. The van der Waals surface area contributed by atoms with Crippen LogP contribution in [0.4, 0.5) is 8.78 Å². The van der Waals surface area contributed by atoms with Crippen LogP contribution in [0.3, 0.4) is 0 Å². The van der Waals surface area contributed by atoms with Crippen molar-refractivity contribution in [3.8, 4) is 0 Å². The molecule has 21 heavy (non-hydrogen) atoms. The summed E-state index contributed by atoms with van der Waals surface area (Å²) in [5, 5.41) is 3.63. The molecule has 0 atom stereocenters. The summed E-state index contributed by atoms with van der Waals surface area (Å²) in [5.74, 6) is 0.530. The van der Waals surface area contributed by atoms with Gasteiger partial charge in [0.05, 0.1) is 18.5 Å². The maximum absolute atomic E-state index is 12.0. The molecule has 0 spiro atoms. The molecule has 2 heterocycles. The SMILES string of the molecule is Cc1sc2nc(CNCCOCC(F)F)[nH]c(=O)c2c1C. The van der Waals surface area contributed by atoms with Crippen molar-refractivity contribution in [1.82, 2.24) is 15.3 Å².